The number of rotatable bonds is 8. The molecule has 0 radical (unpaired) electrons. The average molecular weight is 419 g/mol. The Labute approximate surface area is 172 Å². The highest BCUT2D eigenvalue weighted by Gasteiger charge is 2.44. The number of halogens is 2. The number of carbonyl (C=O) groups excluding carboxylic acids is 1. The van der Waals surface area contributed by atoms with Crippen molar-refractivity contribution in [2.24, 2.45) is 11.8 Å². The van der Waals surface area contributed by atoms with E-state index in [2.05, 4.69) is 20.4 Å². The number of aryl methyl sites for hydroxylation is 1. The van der Waals surface area contributed by atoms with Crippen LogP contribution in [0.25, 0.3) is 0 Å². The lowest BCUT2D eigenvalue weighted by molar-refractivity contribution is -0.0263. The number of hydrogen-bond donors (Lipinski definition) is 1. The summed E-state index contributed by atoms with van der Waals surface area (Å²) in [5.74, 6) is -1.17. The molecule has 160 valence electrons. The summed E-state index contributed by atoms with van der Waals surface area (Å²) in [6, 6.07) is 1.27. The molecule has 0 bridgehead atoms. The van der Waals surface area contributed by atoms with Crippen molar-refractivity contribution in [1.82, 2.24) is 20.4 Å². The molecule has 0 spiro atoms. The van der Waals surface area contributed by atoms with Gasteiger partial charge in [0, 0.05) is 13.0 Å². The fourth-order valence-corrected chi connectivity index (χ4v) is 3.55. The fraction of sp³-hybridized carbons (Fsp3) is 0.600. The van der Waals surface area contributed by atoms with E-state index in [9.17, 15) is 13.6 Å². The van der Waals surface area contributed by atoms with Crippen molar-refractivity contribution < 1.29 is 22.8 Å². The molecule has 8 nitrogen and oxygen atoms in total. The zero-order valence-corrected chi connectivity index (χ0v) is 16.6. The third-order valence-electron chi connectivity index (χ3n) is 5.64. The number of nitrogens with one attached hydrogen (secondary N) is 1. The highest BCUT2D eigenvalue weighted by molar-refractivity contribution is 5.95. The molecule has 1 aliphatic heterocycles. The highest BCUT2D eigenvalue weighted by atomic mass is 19.3. The molecule has 1 saturated heterocycles. The minimum Gasteiger partial charge on any atom is -0.491 e. The van der Waals surface area contributed by atoms with Crippen LogP contribution in [0.5, 0.6) is 5.75 Å². The number of carbonyl (C=O) groups is 1. The van der Waals surface area contributed by atoms with E-state index in [0.29, 0.717) is 35.7 Å². The Bertz CT molecular complexity index is 950. The summed E-state index contributed by atoms with van der Waals surface area (Å²) in [6.07, 6.45) is 5.57. The average Bonchev–Trinajstić information content (AvgIpc) is 3.61. The molecule has 3 heterocycles. The Hall–Kier alpha value is -2.78. The van der Waals surface area contributed by atoms with E-state index in [1.54, 1.807) is 13.0 Å². The second-order valence-corrected chi connectivity index (χ2v) is 8.47. The summed E-state index contributed by atoms with van der Waals surface area (Å²) >= 11 is 0. The molecule has 3 aliphatic rings. The number of alkyl halides is 2. The summed E-state index contributed by atoms with van der Waals surface area (Å²) in [5, 5.41) is 6.91. The zero-order chi connectivity index (χ0) is 20.9. The van der Waals surface area contributed by atoms with Crippen LogP contribution in [0.1, 0.15) is 53.9 Å². The van der Waals surface area contributed by atoms with Crippen LogP contribution in [0.3, 0.4) is 0 Å². The summed E-state index contributed by atoms with van der Waals surface area (Å²) in [5.41, 5.74) is 0.661. The van der Waals surface area contributed by atoms with Crippen molar-refractivity contribution >= 4 is 11.6 Å². The summed E-state index contributed by atoms with van der Waals surface area (Å²) in [6.45, 7) is 1.47. The summed E-state index contributed by atoms with van der Waals surface area (Å²) in [7, 11) is 0. The lowest BCUT2D eigenvalue weighted by Gasteiger charge is -2.40. The van der Waals surface area contributed by atoms with Gasteiger partial charge in [-0.1, -0.05) is 5.16 Å². The monoisotopic (exact) mass is 419 g/mol. The van der Waals surface area contributed by atoms with E-state index in [1.807, 2.05) is 0 Å². The Balaban J connectivity index is 1.36. The maximum absolute atomic E-state index is 13.3. The van der Waals surface area contributed by atoms with Crippen LogP contribution >= 0.6 is 0 Å². The Kier molecular flexibility index (Phi) is 4.59. The molecule has 1 amide bonds. The number of hydrogen-bond acceptors (Lipinski definition) is 7. The van der Waals surface area contributed by atoms with Crippen LogP contribution in [0.2, 0.25) is 0 Å². The number of pyridine rings is 1. The standard InChI is InChI=1S/C20H23F2N5O3/c1-11-24-18(26-30-11)16(13-4-5-13)25-19(28)17-15(29-8-12-2-3-12)6-14(7-23-17)27-9-20(21,22)10-27/h6-7,12-13,16H,2-5,8-10H2,1H3,(H,25,28). The topological polar surface area (TPSA) is 93.4 Å². The van der Waals surface area contributed by atoms with Crippen LogP contribution < -0.4 is 15.0 Å². The Morgan fingerprint density at radius 2 is 2.13 bits per heavy atom. The zero-order valence-electron chi connectivity index (χ0n) is 16.6. The van der Waals surface area contributed by atoms with E-state index in [0.717, 1.165) is 25.7 Å². The number of ether oxygens (including phenoxy) is 1. The van der Waals surface area contributed by atoms with E-state index in [4.69, 9.17) is 9.26 Å². The molecule has 2 saturated carbocycles. The van der Waals surface area contributed by atoms with Gasteiger partial charge in [-0.25, -0.2) is 13.8 Å². The summed E-state index contributed by atoms with van der Waals surface area (Å²) in [4.78, 5) is 23.1. The van der Waals surface area contributed by atoms with Gasteiger partial charge in [-0.3, -0.25) is 4.79 Å². The Morgan fingerprint density at radius 1 is 1.37 bits per heavy atom. The second-order valence-electron chi connectivity index (χ2n) is 8.47. The van der Waals surface area contributed by atoms with Crippen molar-refractivity contribution in [3.8, 4) is 5.75 Å². The molecule has 30 heavy (non-hydrogen) atoms. The van der Waals surface area contributed by atoms with Gasteiger partial charge in [0.25, 0.3) is 11.8 Å². The predicted molar refractivity (Wildman–Crippen MR) is 102 cm³/mol. The maximum atomic E-state index is 13.3. The van der Waals surface area contributed by atoms with Crippen molar-refractivity contribution in [3.05, 3.63) is 29.7 Å². The van der Waals surface area contributed by atoms with E-state index < -0.39 is 11.8 Å². The lowest BCUT2D eigenvalue weighted by atomic mass is 10.1. The molecule has 3 fully saturated rings. The highest BCUT2D eigenvalue weighted by Crippen LogP contribution is 2.41. The molecule has 2 aromatic heterocycles. The minimum atomic E-state index is -2.69. The van der Waals surface area contributed by atoms with Crippen LogP contribution in [-0.4, -0.2) is 46.7 Å². The number of anilines is 1. The largest absolute Gasteiger partial charge is 0.491 e. The fourth-order valence-electron chi connectivity index (χ4n) is 3.55. The van der Waals surface area contributed by atoms with Crippen molar-refractivity contribution in [2.75, 3.05) is 24.6 Å². The van der Waals surface area contributed by atoms with Crippen LogP contribution in [-0.2, 0) is 0 Å². The van der Waals surface area contributed by atoms with Gasteiger partial charge in [0.1, 0.15) is 0 Å². The maximum Gasteiger partial charge on any atom is 0.282 e. The third-order valence-corrected chi connectivity index (χ3v) is 5.64. The van der Waals surface area contributed by atoms with Crippen molar-refractivity contribution in [2.45, 2.75) is 44.6 Å². The molecule has 1 atom stereocenters. The van der Waals surface area contributed by atoms with E-state index in [-0.39, 0.29) is 30.7 Å². The first-order valence-electron chi connectivity index (χ1n) is 10.2. The van der Waals surface area contributed by atoms with Gasteiger partial charge < -0.3 is 19.5 Å². The van der Waals surface area contributed by atoms with Gasteiger partial charge in [0.15, 0.2) is 17.3 Å². The van der Waals surface area contributed by atoms with Crippen LogP contribution in [0, 0.1) is 18.8 Å². The molecule has 1 unspecified atom stereocenters. The summed E-state index contributed by atoms with van der Waals surface area (Å²) < 4.78 is 37.4. The first-order valence-corrected chi connectivity index (χ1v) is 10.2. The SMILES string of the molecule is Cc1nc(C(NC(=O)c2ncc(N3CC(F)(F)C3)cc2OCC2CC2)C2CC2)no1. The first-order chi connectivity index (χ1) is 14.4. The molecule has 0 aromatic carbocycles. The molecular weight excluding hydrogens is 396 g/mol. The lowest BCUT2D eigenvalue weighted by Crippen LogP contribution is -2.56. The second kappa shape index (κ2) is 7.17. The van der Waals surface area contributed by atoms with Gasteiger partial charge >= 0.3 is 0 Å². The Morgan fingerprint density at radius 3 is 2.73 bits per heavy atom. The third kappa shape index (κ3) is 4.08. The normalized spacial score (nSPS) is 21.1. The molecule has 2 aromatic rings. The molecule has 1 N–H and O–H groups in total. The van der Waals surface area contributed by atoms with Gasteiger partial charge in [0.2, 0.25) is 5.89 Å². The van der Waals surface area contributed by atoms with Crippen molar-refractivity contribution in [1.29, 1.82) is 0 Å². The molecule has 5 rings (SSSR count). The number of amides is 1. The minimum absolute atomic E-state index is 0.137. The van der Waals surface area contributed by atoms with Crippen molar-refractivity contribution in [3.63, 3.8) is 0 Å². The van der Waals surface area contributed by atoms with Crippen LogP contribution in [0.4, 0.5) is 14.5 Å². The first kappa shape index (κ1) is 19.2. The van der Waals surface area contributed by atoms with Crippen LogP contribution in [0.15, 0.2) is 16.8 Å². The van der Waals surface area contributed by atoms with Gasteiger partial charge in [-0.15, -0.1) is 0 Å². The molecule has 10 heteroatoms. The number of nitrogens with zero attached hydrogens (tertiary/aromatic N) is 4. The van der Waals surface area contributed by atoms with Gasteiger partial charge in [0.05, 0.1) is 37.6 Å². The van der Waals surface area contributed by atoms with E-state index >= 15 is 0 Å². The number of aromatic nitrogens is 3. The van der Waals surface area contributed by atoms with E-state index in [1.165, 1.54) is 11.1 Å². The molecular formula is C20H23F2N5O3. The quantitative estimate of drug-likeness (QED) is 0.703. The van der Waals surface area contributed by atoms with Gasteiger partial charge in [-0.05, 0) is 37.5 Å². The molecule has 2 aliphatic carbocycles. The van der Waals surface area contributed by atoms with Gasteiger partial charge in [-0.2, -0.15) is 4.98 Å². The predicted octanol–water partition coefficient (Wildman–Crippen LogP) is 2.90. The smallest absolute Gasteiger partial charge is 0.282 e.